The first-order valence-electron chi connectivity index (χ1n) is 5.84. The molecule has 2 rings (SSSR count). The van der Waals surface area contributed by atoms with Gasteiger partial charge in [-0.15, -0.1) is 0 Å². The molecule has 0 saturated carbocycles. The zero-order valence-corrected chi connectivity index (χ0v) is 12.7. The number of hydrogen-bond donors (Lipinski definition) is 1. The van der Waals surface area contributed by atoms with E-state index < -0.39 is 17.8 Å². The van der Waals surface area contributed by atoms with Gasteiger partial charge in [0, 0.05) is 19.3 Å². The van der Waals surface area contributed by atoms with Gasteiger partial charge in [0.15, 0.2) is 0 Å². The van der Waals surface area contributed by atoms with Crippen molar-refractivity contribution in [2.45, 2.75) is 6.92 Å². The van der Waals surface area contributed by atoms with Crippen molar-refractivity contribution in [2.75, 3.05) is 13.1 Å². The highest BCUT2D eigenvalue weighted by molar-refractivity contribution is 6.48. The lowest BCUT2D eigenvalue weighted by molar-refractivity contribution is -0.142. The Morgan fingerprint density at radius 1 is 1.30 bits per heavy atom. The molecule has 2 heterocycles. The average Bonchev–Trinajstić information content (AvgIpc) is 2.78. The molecule has 0 spiro atoms. The summed E-state index contributed by atoms with van der Waals surface area (Å²) in [6.45, 7) is 2.26. The molecule has 20 heavy (non-hydrogen) atoms. The Kier molecular flexibility index (Phi) is 4.42. The maximum absolute atomic E-state index is 12.3. The van der Waals surface area contributed by atoms with Crippen LogP contribution in [0.15, 0.2) is 6.20 Å². The molecule has 1 amide bonds. The van der Waals surface area contributed by atoms with Crippen molar-refractivity contribution in [2.24, 2.45) is 11.8 Å². The number of aliphatic carboxylic acids is 1. The SMILES string of the molecule is C[C@@H]1CN(C(=O)c2ncc(Cl)c(Cl)c2Cl)C[C@H]1C(=O)O. The summed E-state index contributed by atoms with van der Waals surface area (Å²) in [6, 6.07) is 0. The minimum atomic E-state index is -0.916. The van der Waals surface area contributed by atoms with Gasteiger partial charge in [0.1, 0.15) is 5.69 Å². The Labute approximate surface area is 130 Å². The molecule has 8 heteroatoms. The first-order chi connectivity index (χ1) is 9.32. The monoisotopic (exact) mass is 336 g/mol. The summed E-state index contributed by atoms with van der Waals surface area (Å²) in [6.07, 6.45) is 1.25. The molecule has 2 atom stereocenters. The Hall–Kier alpha value is -1.04. The van der Waals surface area contributed by atoms with Gasteiger partial charge in [0.05, 0.1) is 21.0 Å². The summed E-state index contributed by atoms with van der Waals surface area (Å²) in [5.41, 5.74) is -0.0145. The smallest absolute Gasteiger partial charge is 0.308 e. The molecule has 1 N–H and O–H groups in total. The first kappa shape index (κ1) is 15.4. The van der Waals surface area contributed by atoms with E-state index in [2.05, 4.69) is 4.98 Å². The number of likely N-dealkylation sites (tertiary alicyclic amines) is 1. The predicted octanol–water partition coefficient (Wildman–Crippen LogP) is 2.83. The summed E-state index contributed by atoms with van der Waals surface area (Å²) >= 11 is 17.6. The van der Waals surface area contributed by atoms with Crippen molar-refractivity contribution in [1.82, 2.24) is 9.88 Å². The average molecular weight is 338 g/mol. The Balaban J connectivity index is 2.26. The van der Waals surface area contributed by atoms with Crippen LogP contribution in [0.1, 0.15) is 17.4 Å². The number of carboxylic acid groups (broad SMARTS) is 1. The van der Waals surface area contributed by atoms with E-state index in [1.54, 1.807) is 6.92 Å². The Morgan fingerprint density at radius 2 is 1.95 bits per heavy atom. The number of rotatable bonds is 2. The van der Waals surface area contributed by atoms with E-state index in [9.17, 15) is 9.59 Å². The molecule has 1 aliphatic rings. The fourth-order valence-electron chi connectivity index (χ4n) is 2.20. The van der Waals surface area contributed by atoms with Crippen molar-refractivity contribution >= 4 is 46.7 Å². The third kappa shape index (κ3) is 2.71. The zero-order valence-electron chi connectivity index (χ0n) is 10.4. The molecule has 1 saturated heterocycles. The molecule has 0 bridgehead atoms. The van der Waals surface area contributed by atoms with E-state index in [1.165, 1.54) is 11.1 Å². The molecule has 1 aliphatic heterocycles. The third-order valence-electron chi connectivity index (χ3n) is 3.34. The molecule has 0 aromatic carbocycles. The highest BCUT2D eigenvalue weighted by Crippen LogP contribution is 2.33. The number of hydrogen-bond acceptors (Lipinski definition) is 3. The van der Waals surface area contributed by atoms with Crippen LogP contribution in [-0.2, 0) is 4.79 Å². The van der Waals surface area contributed by atoms with Crippen LogP contribution in [-0.4, -0.2) is 40.0 Å². The summed E-state index contributed by atoms with van der Waals surface area (Å²) in [7, 11) is 0. The fraction of sp³-hybridized carbons (Fsp3) is 0.417. The van der Waals surface area contributed by atoms with Crippen molar-refractivity contribution in [3.05, 3.63) is 27.0 Å². The summed E-state index contributed by atoms with van der Waals surface area (Å²) in [5, 5.41) is 9.28. The lowest BCUT2D eigenvalue weighted by Gasteiger charge is -2.16. The van der Waals surface area contributed by atoms with E-state index >= 15 is 0 Å². The summed E-state index contributed by atoms with van der Waals surface area (Å²) < 4.78 is 0. The predicted molar refractivity (Wildman–Crippen MR) is 75.5 cm³/mol. The zero-order chi connectivity index (χ0) is 15.0. The van der Waals surface area contributed by atoms with Crippen LogP contribution in [0.25, 0.3) is 0 Å². The van der Waals surface area contributed by atoms with Gasteiger partial charge in [-0.2, -0.15) is 0 Å². The van der Waals surface area contributed by atoms with E-state index in [-0.39, 0.29) is 33.2 Å². The number of aromatic nitrogens is 1. The van der Waals surface area contributed by atoms with E-state index in [4.69, 9.17) is 39.9 Å². The Morgan fingerprint density at radius 3 is 2.50 bits per heavy atom. The molecule has 108 valence electrons. The molecule has 1 aromatic rings. The molecule has 0 aliphatic carbocycles. The van der Waals surface area contributed by atoms with Crippen LogP contribution in [0.3, 0.4) is 0 Å². The van der Waals surface area contributed by atoms with Crippen LogP contribution in [0.2, 0.25) is 15.1 Å². The van der Waals surface area contributed by atoms with Gasteiger partial charge in [0.2, 0.25) is 0 Å². The summed E-state index contributed by atoms with van der Waals surface area (Å²) in [4.78, 5) is 28.7. The fourth-order valence-corrected chi connectivity index (χ4v) is 2.76. The minimum Gasteiger partial charge on any atom is -0.481 e. The lowest BCUT2D eigenvalue weighted by Crippen LogP contribution is -2.30. The van der Waals surface area contributed by atoms with E-state index in [0.717, 1.165) is 0 Å². The maximum atomic E-state index is 12.3. The van der Waals surface area contributed by atoms with Gasteiger partial charge in [-0.3, -0.25) is 9.59 Å². The number of nitrogens with zero attached hydrogens (tertiary/aromatic N) is 2. The topological polar surface area (TPSA) is 70.5 Å². The van der Waals surface area contributed by atoms with Crippen LogP contribution >= 0.6 is 34.8 Å². The number of pyridine rings is 1. The van der Waals surface area contributed by atoms with Crippen molar-refractivity contribution in [3.63, 3.8) is 0 Å². The highest BCUT2D eigenvalue weighted by Gasteiger charge is 2.38. The van der Waals surface area contributed by atoms with Crippen molar-refractivity contribution < 1.29 is 14.7 Å². The van der Waals surface area contributed by atoms with Gasteiger partial charge >= 0.3 is 5.97 Å². The van der Waals surface area contributed by atoms with Crippen molar-refractivity contribution in [3.8, 4) is 0 Å². The highest BCUT2D eigenvalue weighted by atomic mass is 35.5. The van der Waals surface area contributed by atoms with E-state index in [1.807, 2.05) is 0 Å². The number of carbonyl (C=O) groups is 2. The van der Waals surface area contributed by atoms with E-state index in [0.29, 0.717) is 6.54 Å². The molecule has 0 radical (unpaired) electrons. The second kappa shape index (κ2) is 5.76. The molecule has 1 fully saturated rings. The van der Waals surface area contributed by atoms with Crippen molar-refractivity contribution in [1.29, 1.82) is 0 Å². The standard InChI is InChI=1S/C12H11Cl3N2O3/c1-5-3-17(4-6(5)12(19)20)11(18)10-9(15)8(14)7(13)2-16-10/h2,5-6H,3-4H2,1H3,(H,19,20)/t5-,6-/m1/s1. The second-order valence-electron chi connectivity index (χ2n) is 4.71. The minimum absolute atomic E-state index is 0.0145. The number of halogens is 3. The van der Waals surface area contributed by atoms with Gasteiger partial charge in [0.25, 0.3) is 5.91 Å². The van der Waals surface area contributed by atoms with Gasteiger partial charge in [-0.1, -0.05) is 41.7 Å². The maximum Gasteiger partial charge on any atom is 0.308 e. The third-order valence-corrected chi connectivity index (χ3v) is 4.58. The van der Waals surface area contributed by atoms with Crippen LogP contribution in [0.4, 0.5) is 0 Å². The van der Waals surface area contributed by atoms with Crippen LogP contribution in [0.5, 0.6) is 0 Å². The lowest BCUT2D eigenvalue weighted by atomic mass is 9.99. The van der Waals surface area contributed by atoms with Gasteiger partial charge in [-0.05, 0) is 5.92 Å². The van der Waals surface area contributed by atoms with Gasteiger partial charge in [-0.25, -0.2) is 4.98 Å². The number of amides is 1. The molecule has 1 aromatic heterocycles. The molecule has 0 unspecified atom stereocenters. The second-order valence-corrected chi connectivity index (χ2v) is 5.88. The Bertz CT molecular complexity index is 579. The normalized spacial score (nSPS) is 22.1. The van der Waals surface area contributed by atoms with Gasteiger partial charge < -0.3 is 10.0 Å². The molecule has 5 nitrogen and oxygen atoms in total. The largest absolute Gasteiger partial charge is 0.481 e. The summed E-state index contributed by atoms with van der Waals surface area (Å²) in [5.74, 6) is -2.07. The molecular weight excluding hydrogens is 327 g/mol. The number of carbonyl (C=O) groups excluding carboxylic acids is 1. The quantitative estimate of drug-likeness (QED) is 0.901. The first-order valence-corrected chi connectivity index (χ1v) is 6.98. The number of carboxylic acids is 1. The van der Waals surface area contributed by atoms with Crippen LogP contribution < -0.4 is 0 Å². The molecular formula is C12H11Cl3N2O3. The van der Waals surface area contributed by atoms with Crippen LogP contribution in [0, 0.1) is 11.8 Å².